The maximum atomic E-state index is 12.1. The second-order valence-electron chi connectivity index (χ2n) is 5.61. The van der Waals surface area contributed by atoms with Crippen molar-refractivity contribution in [2.24, 2.45) is 5.73 Å². The number of carbonyl (C=O) groups excluding carboxylic acids is 1. The molecule has 3 rings (SSSR count). The highest BCUT2D eigenvalue weighted by Gasteiger charge is 2.29. The molecule has 0 unspecified atom stereocenters. The Morgan fingerprint density at radius 3 is 2.80 bits per heavy atom. The van der Waals surface area contributed by atoms with Gasteiger partial charge in [-0.3, -0.25) is 9.89 Å². The second-order valence-corrected chi connectivity index (χ2v) is 5.61. The van der Waals surface area contributed by atoms with Crippen molar-refractivity contribution in [3.8, 4) is 17.1 Å². The first kappa shape index (κ1) is 19.2. The van der Waals surface area contributed by atoms with Gasteiger partial charge in [0.25, 0.3) is 0 Å². The zero-order valence-electron chi connectivity index (χ0n) is 13.9. The van der Waals surface area contributed by atoms with Gasteiger partial charge in [-0.05, 0) is 37.1 Å². The number of halogens is 1. The molecule has 1 saturated heterocycles. The normalized spacial score (nSPS) is 19.3. The van der Waals surface area contributed by atoms with Crippen molar-refractivity contribution in [3.05, 3.63) is 30.1 Å². The molecule has 8 nitrogen and oxygen atoms in total. The van der Waals surface area contributed by atoms with Gasteiger partial charge < -0.3 is 20.5 Å². The first-order chi connectivity index (χ1) is 11.7. The van der Waals surface area contributed by atoms with E-state index in [1.54, 1.807) is 7.11 Å². The Balaban J connectivity index is 0.00000225. The van der Waals surface area contributed by atoms with Gasteiger partial charge in [0.15, 0.2) is 5.82 Å². The number of ether oxygens (including phenoxy) is 2. The molecule has 2 atom stereocenters. The summed E-state index contributed by atoms with van der Waals surface area (Å²) >= 11 is 0. The highest BCUT2D eigenvalue weighted by molar-refractivity contribution is 5.85. The van der Waals surface area contributed by atoms with E-state index in [0.29, 0.717) is 24.6 Å². The predicted octanol–water partition coefficient (Wildman–Crippen LogP) is 1.02. The third-order valence-electron chi connectivity index (χ3n) is 3.97. The van der Waals surface area contributed by atoms with E-state index in [2.05, 4.69) is 20.5 Å². The third-order valence-corrected chi connectivity index (χ3v) is 3.97. The maximum absolute atomic E-state index is 12.1. The summed E-state index contributed by atoms with van der Waals surface area (Å²) in [5.74, 6) is 1.78. The van der Waals surface area contributed by atoms with E-state index >= 15 is 0 Å². The molecule has 0 spiro atoms. The Hall–Kier alpha value is -2.16. The third kappa shape index (κ3) is 4.68. The van der Waals surface area contributed by atoms with Gasteiger partial charge in [0, 0.05) is 12.1 Å². The van der Waals surface area contributed by atoms with Crippen LogP contribution in [0.4, 0.5) is 0 Å². The molecule has 1 aromatic heterocycles. The molecule has 1 amide bonds. The summed E-state index contributed by atoms with van der Waals surface area (Å²) < 4.78 is 10.7. The number of methoxy groups -OCH3 is 1. The first-order valence-corrected chi connectivity index (χ1v) is 7.88. The van der Waals surface area contributed by atoms with Crippen molar-refractivity contribution in [1.29, 1.82) is 0 Å². The SMILES string of the molecule is COc1ccc(-c2n[nH]c(CNC(=O)[C@@H]3CC[C@H](CN)O3)n2)cc1.Cl. The van der Waals surface area contributed by atoms with E-state index in [-0.39, 0.29) is 31.0 Å². The number of amides is 1. The van der Waals surface area contributed by atoms with Crippen LogP contribution in [-0.4, -0.2) is 47.0 Å². The number of hydrogen-bond donors (Lipinski definition) is 3. The Morgan fingerprint density at radius 2 is 2.16 bits per heavy atom. The highest BCUT2D eigenvalue weighted by atomic mass is 35.5. The number of H-pyrrole nitrogens is 1. The van der Waals surface area contributed by atoms with E-state index in [1.165, 1.54) is 0 Å². The minimum absolute atomic E-state index is 0. The van der Waals surface area contributed by atoms with Crippen LogP contribution < -0.4 is 15.8 Å². The van der Waals surface area contributed by atoms with Gasteiger partial charge in [-0.25, -0.2) is 4.98 Å². The number of aromatic nitrogens is 3. The average molecular weight is 368 g/mol. The molecule has 9 heteroatoms. The van der Waals surface area contributed by atoms with Crippen molar-refractivity contribution in [2.75, 3.05) is 13.7 Å². The van der Waals surface area contributed by atoms with Crippen LogP contribution in [0.25, 0.3) is 11.4 Å². The molecule has 1 fully saturated rings. The molecule has 4 N–H and O–H groups in total. The minimum atomic E-state index is -0.428. The maximum Gasteiger partial charge on any atom is 0.249 e. The van der Waals surface area contributed by atoms with Crippen LogP contribution in [-0.2, 0) is 16.1 Å². The number of benzene rings is 1. The topological polar surface area (TPSA) is 115 Å². The van der Waals surface area contributed by atoms with Gasteiger partial charge in [-0.1, -0.05) is 0 Å². The summed E-state index contributed by atoms with van der Waals surface area (Å²) in [6, 6.07) is 7.45. The fourth-order valence-corrected chi connectivity index (χ4v) is 2.60. The van der Waals surface area contributed by atoms with Crippen molar-refractivity contribution in [2.45, 2.75) is 31.6 Å². The molecular formula is C16H22ClN5O3. The number of carbonyl (C=O) groups is 1. The van der Waals surface area contributed by atoms with Crippen molar-refractivity contribution in [3.63, 3.8) is 0 Å². The Bertz CT molecular complexity index is 691. The van der Waals surface area contributed by atoms with Crippen LogP contribution in [0.5, 0.6) is 5.75 Å². The number of nitrogens with two attached hydrogens (primary N) is 1. The average Bonchev–Trinajstić information content (AvgIpc) is 3.29. The molecule has 0 radical (unpaired) electrons. The summed E-state index contributed by atoms with van der Waals surface area (Å²) in [7, 11) is 1.62. The van der Waals surface area contributed by atoms with Crippen LogP contribution in [0.3, 0.4) is 0 Å². The quantitative estimate of drug-likeness (QED) is 0.702. The van der Waals surface area contributed by atoms with Gasteiger partial charge >= 0.3 is 0 Å². The highest BCUT2D eigenvalue weighted by Crippen LogP contribution is 2.20. The van der Waals surface area contributed by atoms with Crippen molar-refractivity contribution < 1.29 is 14.3 Å². The number of nitrogens with zero attached hydrogens (tertiary/aromatic N) is 2. The fourth-order valence-electron chi connectivity index (χ4n) is 2.60. The number of nitrogens with one attached hydrogen (secondary N) is 2. The minimum Gasteiger partial charge on any atom is -0.497 e. The van der Waals surface area contributed by atoms with Gasteiger partial charge in [-0.15, -0.1) is 12.4 Å². The molecule has 2 heterocycles. The summed E-state index contributed by atoms with van der Waals surface area (Å²) in [6.45, 7) is 0.715. The summed E-state index contributed by atoms with van der Waals surface area (Å²) in [5, 5.41) is 9.81. The van der Waals surface area contributed by atoms with Crippen LogP contribution in [0.1, 0.15) is 18.7 Å². The van der Waals surface area contributed by atoms with E-state index in [4.69, 9.17) is 15.2 Å². The van der Waals surface area contributed by atoms with Crippen molar-refractivity contribution >= 4 is 18.3 Å². The van der Waals surface area contributed by atoms with Crippen LogP contribution in [0.2, 0.25) is 0 Å². The molecule has 1 aliphatic heterocycles. The molecule has 1 aromatic carbocycles. The fraction of sp³-hybridized carbons (Fsp3) is 0.438. The zero-order chi connectivity index (χ0) is 16.9. The van der Waals surface area contributed by atoms with E-state index in [9.17, 15) is 4.79 Å². The summed E-state index contributed by atoms with van der Waals surface area (Å²) in [4.78, 5) is 16.5. The molecule has 25 heavy (non-hydrogen) atoms. The van der Waals surface area contributed by atoms with Crippen molar-refractivity contribution in [1.82, 2.24) is 20.5 Å². The monoisotopic (exact) mass is 367 g/mol. The summed E-state index contributed by atoms with van der Waals surface area (Å²) in [5.41, 5.74) is 6.42. The smallest absolute Gasteiger partial charge is 0.249 e. The van der Waals surface area contributed by atoms with Crippen LogP contribution in [0, 0.1) is 0 Å². The number of hydrogen-bond acceptors (Lipinski definition) is 6. The zero-order valence-corrected chi connectivity index (χ0v) is 14.7. The molecule has 136 valence electrons. The van der Waals surface area contributed by atoms with Gasteiger partial charge in [-0.2, -0.15) is 5.10 Å². The lowest BCUT2D eigenvalue weighted by Gasteiger charge is -2.11. The van der Waals surface area contributed by atoms with E-state index in [0.717, 1.165) is 17.7 Å². The second kappa shape index (κ2) is 8.80. The lowest BCUT2D eigenvalue weighted by molar-refractivity contribution is -0.132. The largest absolute Gasteiger partial charge is 0.497 e. The molecule has 0 bridgehead atoms. The van der Waals surface area contributed by atoms with E-state index < -0.39 is 6.10 Å². The molecule has 2 aromatic rings. The Labute approximate surface area is 151 Å². The predicted molar refractivity (Wildman–Crippen MR) is 94.4 cm³/mol. The molecule has 0 saturated carbocycles. The molecule has 0 aliphatic carbocycles. The van der Waals surface area contributed by atoms with Gasteiger partial charge in [0.2, 0.25) is 5.91 Å². The lowest BCUT2D eigenvalue weighted by Crippen LogP contribution is -2.35. The van der Waals surface area contributed by atoms with Crippen LogP contribution >= 0.6 is 12.4 Å². The van der Waals surface area contributed by atoms with Gasteiger partial charge in [0.05, 0.1) is 19.8 Å². The Kier molecular flexibility index (Phi) is 6.74. The lowest BCUT2D eigenvalue weighted by atomic mass is 10.2. The Morgan fingerprint density at radius 1 is 1.40 bits per heavy atom. The first-order valence-electron chi connectivity index (χ1n) is 7.88. The summed E-state index contributed by atoms with van der Waals surface area (Å²) in [6.07, 6.45) is 1.06. The van der Waals surface area contributed by atoms with E-state index in [1.807, 2.05) is 24.3 Å². The van der Waals surface area contributed by atoms with Crippen LogP contribution in [0.15, 0.2) is 24.3 Å². The molecular weight excluding hydrogens is 346 g/mol. The number of aromatic amines is 1. The molecule has 1 aliphatic rings. The van der Waals surface area contributed by atoms with Gasteiger partial charge in [0.1, 0.15) is 17.7 Å². The number of rotatable bonds is 6. The standard InChI is InChI=1S/C16H21N5O3.ClH/c1-23-11-4-2-10(3-5-11)15-19-14(20-21-15)9-18-16(22)13-7-6-12(8-17)24-13;/h2-5,12-13H,6-9,17H2,1H3,(H,18,22)(H,19,20,21);1H/t12-,13+;/m1./s1.